The van der Waals surface area contributed by atoms with Crippen LogP contribution in [-0.4, -0.2) is 36.3 Å². The summed E-state index contributed by atoms with van der Waals surface area (Å²) in [5, 5.41) is 10.3. The molecule has 5 heteroatoms. The van der Waals surface area contributed by atoms with Gasteiger partial charge in [-0.2, -0.15) is 13.2 Å². The lowest BCUT2D eigenvalue weighted by Crippen LogP contribution is -2.29. The zero-order valence-corrected chi connectivity index (χ0v) is 12.4. The summed E-state index contributed by atoms with van der Waals surface area (Å²) < 4.78 is 36.5. The van der Waals surface area contributed by atoms with Gasteiger partial charge in [0, 0.05) is 13.1 Å². The first kappa shape index (κ1) is 17.0. The highest BCUT2D eigenvalue weighted by atomic mass is 19.4. The lowest BCUT2D eigenvalue weighted by Gasteiger charge is -2.24. The van der Waals surface area contributed by atoms with Gasteiger partial charge in [-0.1, -0.05) is 17.7 Å². The molecule has 1 aromatic rings. The Hall–Kier alpha value is -1.07. The first-order valence-corrected chi connectivity index (χ1v) is 6.61. The summed E-state index contributed by atoms with van der Waals surface area (Å²) >= 11 is 0. The Morgan fingerprint density at radius 3 is 2.10 bits per heavy atom. The van der Waals surface area contributed by atoms with Gasteiger partial charge in [-0.3, -0.25) is 0 Å². The number of halogens is 3. The molecule has 1 rings (SSSR count). The van der Waals surface area contributed by atoms with Crippen LogP contribution in [0, 0.1) is 20.8 Å². The van der Waals surface area contributed by atoms with Crippen LogP contribution in [-0.2, 0) is 0 Å². The maximum absolute atomic E-state index is 12.2. The molecule has 1 aromatic carbocycles. The monoisotopic (exact) mass is 289 g/mol. The topological polar surface area (TPSA) is 23.5 Å². The lowest BCUT2D eigenvalue weighted by atomic mass is 9.95. The van der Waals surface area contributed by atoms with Crippen molar-refractivity contribution in [1.29, 1.82) is 0 Å². The second-order valence-electron chi connectivity index (χ2n) is 5.46. The smallest absolute Gasteiger partial charge is 0.387 e. The second kappa shape index (κ2) is 6.59. The molecule has 20 heavy (non-hydrogen) atoms. The van der Waals surface area contributed by atoms with Crippen molar-refractivity contribution in [2.75, 3.05) is 20.1 Å². The minimum atomic E-state index is -4.16. The van der Waals surface area contributed by atoms with E-state index in [9.17, 15) is 18.3 Å². The van der Waals surface area contributed by atoms with Crippen molar-refractivity contribution in [3.8, 4) is 0 Å². The molecular weight excluding hydrogens is 267 g/mol. The molecule has 0 fully saturated rings. The highest BCUT2D eigenvalue weighted by Crippen LogP contribution is 2.25. The molecule has 0 aromatic heterocycles. The number of hydrogen-bond donors (Lipinski definition) is 1. The van der Waals surface area contributed by atoms with E-state index in [0.29, 0.717) is 0 Å². The van der Waals surface area contributed by atoms with Gasteiger partial charge in [0.25, 0.3) is 0 Å². The summed E-state index contributed by atoms with van der Waals surface area (Å²) in [4.78, 5) is 1.51. The summed E-state index contributed by atoms with van der Waals surface area (Å²) in [7, 11) is 1.59. The first-order chi connectivity index (χ1) is 9.10. The van der Waals surface area contributed by atoms with E-state index < -0.39 is 18.7 Å². The van der Waals surface area contributed by atoms with Crippen LogP contribution in [0.1, 0.15) is 34.8 Å². The third-order valence-electron chi connectivity index (χ3n) is 3.33. The van der Waals surface area contributed by atoms with Crippen LogP contribution in [0.25, 0.3) is 0 Å². The first-order valence-electron chi connectivity index (χ1n) is 6.61. The van der Waals surface area contributed by atoms with Gasteiger partial charge in [-0.25, -0.2) is 0 Å². The van der Waals surface area contributed by atoms with Crippen molar-refractivity contribution in [2.45, 2.75) is 39.5 Å². The molecule has 1 N–H and O–H groups in total. The number of rotatable bonds is 5. The van der Waals surface area contributed by atoms with E-state index in [-0.39, 0.29) is 13.1 Å². The molecule has 0 spiro atoms. The van der Waals surface area contributed by atoms with Crippen molar-refractivity contribution in [3.63, 3.8) is 0 Å². The molecule has 0 saturated carbocycles. The Bertz CT molecular complexity index is 434. The van der Waals surface area contributed by atoms with Crippen molar-refractivity contribution in [1.82, 2.24) is 4.90 Å². The minimum Gasteiger partial charge on any atom is -0.387 e. The van der Waals surface area contributed by atoms with E-state index in [1.54, 1.807) is 7.05 Å². The molecule has 0 aliphatic carbocycles. The number of hydrogen-bond acceptors (Lipinski definition) is 2. The van der Waals surface area contributed by atoms with E-state index in [1.807, 2.05) is 32.9 Å². The highest BCUT2D eigenvalue weighted by Gasteiger charge is 2.27. The van der Waals surface area contributed by atoms with E-state index in [4.69, 9.17) is 0 Å². The van der Waals surface area contributed by atoms with Crippen LogP contribution in [0.15, 0.2) is 12.1 Å². The summed E-state index contributed by atoms with van der Waals surface area (Å²) in [6.07, 6.45) is -5.79. The third-order valence-corrected chi connectivity index (χ3v) is 3.33. The summed E-state index contributed by atoms with van der Waals surface area (Å²) in [5.74, 6) is 0. The Labute approximate surface area is 118 Å². The molecule has 1 unspecified atom stereocenters. The average molecular weight is 289 g/mol. The average Bonchev–Trinajstić information content (AvgIpc) is 2.23. The van der Waals surface area contributed by atoms with Gasteiger partial charge < -0.3 is 10.0 Å². The van der Waals surface area contributed by atoms with E-state index in [2.05, 4.69) is 0 Å². The number of aryl methyl sites for hydroxylation is 3. The number of aliphatic hydroxyl groups excluding tert-OH is 1. The summed E-state index contributed by atoms with van der Waals surface area (Å²) in [5.41, 5.74) is 3.87. The normalized spacial score (nSPS) is 13.8. The minimum absolute atomic E-state index is 0.107. The Kier molecular flexibility index (Phi) is 5.59. The number of benzene rings is 1. The van der Waals surface area contributed by atoms with Crippen LogP contribution in [0.3, 0.4) is 0 Å². The largest absolute Gasteiger partial charge is 0.390 e. The summed E-state index contributed by atoms with van der Waals surface area (Å²) in [6, 6.07) is 3.95. The van der Waals surface area contributed by atoms with E-state index in [0.717, 1.165) is 22.3 Å². The molecule has 0 aliphatic heterocycles. The molecule has 0 bridgehead atoms. The SMILES string of the molecule is Cc1cc(C)c(C(O)CN(C)CCC(F)(F)F)c(C)c1. The van der Waals surface area contributed by atoms with Crippen molar-refractivity contribution < 1.29 is 18.3 Å². The Morgan fingerprint density at radius 1 is 1.15 bits per heavy atom. The molecule has 1 atom stereocenters. The molecule has 0 radical (unpaired) electrons. The van der Waals surface area contributed by atoms with Crippen molar-refractivity contribution >= 4 is 0 Å². The standard InChI is InChI=1S/C15H22F3NO/c1-10-7-11(2)14(12(3)8-10)13(20)9-19(4)6-5-15(16,17)18/h7-8,13,20H,5-6,9H2,1-4H3. The lowest BCUT2D eigenvalue weighted by molar-refractivity contribution is -0.137. The van der Waals surface area contributed by atoms with Crippen molar-refractivity contribution in [3.05, 3.63) is 34.4 Å². The maximum Gasteiger partial charge on any atom is 0.390 e. The molecular formula is C15H22F3NO. The van der Waals surface area contributed by atoms with Gasteiger partial charge in [-0.15, -0.1) is 0 Å². The van der Waals surface area contributed by atoms with Crippen LogP contribution in [0.2, 0.25) is 0 Å². The molecule has 2 nitrogen and oxygen atoms in total. The number of likely N-dealkylation sites (N-methyl/N-ethyl adjacent to an activating group) is 1. The quantitative estimate of drug-likeness (QED) is 0.896. The van der Waals surface area contributed by atoms with Gasteiger partial charge >= 0.3 is 6.18 Å². The van der Waals surface area contributed by atoms with Gasteiger partial charge in [0.2, 0.25) is 0 Å². The molecule has 0 heterocycles. The van der Waals surface area contributed by atoms with Crippen LogP contribution in [0.4, 0.5) is 13.2 Å². The molecule has 0 aliphatic rings. The Morgan fingerprint density at radius 2 is 1.65 bits per heavy atom. The van der Waals surface area contributed by atoms with Gasteiger partial charge in [0.1, 0.15) is 0 Å². The number of aliphatic hydroxyl groups is 1. The Balaban J connectivity index is 2.69. The zero-order chi connectivity index (χ0) is 15.5. The zero-order valence-electron chi connectivity index (χ0n) is 12.4. The van der Waals surface area contributed by atoms with Gasteiger partial charge in [-0.05, 0) is 44.5 Å². The fourth-order valence-corrected chi connectivity index (χ4v) is 2.51. The maximum atomic E-state index is 12.2. The number of alkyl halides is 3. The van der Waals surface area contributed by atoms with Crippen LogP contribution < -0.4 is 0 Å². The molecule has 114 valence electrons. The highest BCUT2D eigenvalue weighted by molar-refractivity contribution is 5.39. The summed E-state index contributed by atoms with van der Waals surface area (Å²) in [6.45, 7) is 5.89. The fraction of sp³-hybridized carbons (Fsp3) is 0.600. The van der Waals surface area contributed by atoms with Crippen molar-refractivity contribution in [2.24, 2.45) is 0 Å². The fourth-order valence-electron chi connectivity index (χ4n) is 2.51. The predicted octanol–water partition coefficient (Wildman–Crippen LogP) is 3.53. The van der Waals surface area contributed by atoms with Crippen LogP contribution in [0.5, 0.6) is 0 Å². The van der Waals surface area contributed by atoms with E-state index in [1.165, 1.54) is 4.90 Å². The van der Waals surface area contributed by atoms with Gasteiger partial charge in [0.15, 0.2) is 0 Å². The molecule has 0 saturated heterocycles. The predicted molar refractivity (Wildman–Crippen MR) is 73.8 cm³/mol. The van der Waals surface area contributed by atoms with Gasteiger partial charge in [0.05, 0.1) is 12.5 Å². The van der Waals surface area contributed by atoms with E-state index >= 15 is 0 Å². The number of nitrogens with zero attached hydrogens (tertiary/aromatic N) is 1. The third kappa shape index (κ3) is 5.13. The molecule has 0 amide bonds. The second-order valence-corrected chi connectivity index (χ2v) is 5.46. The van der Waals surface area contributed by atoms with Crippen LogP contribution >= 0.6 is 0 Å².